The van der Waals surface area contributed by atoms with Crippen LogP contribution in [-0.2, 0) is 7.05 Å². The van der Waals surface area contributed by atoms with E-state index in [4.69, 9.17) is 10.6 Å². The molecule has 0 atom stereocenters. The van der Waals surface area contributed by atoms with Crippen LogP contribution in [0.2, 0.25) is 0 Å². The fraction of sp³-hybridized carbons (Fsp3) is 0.222. The molecule has 5 heteroatoms. The summed E-state index contributed by atoms with van der Waals surface area (Å²) in [6.45, 7) is 0. The van der Waals surface area contributed by atoms with Gasteiger partial charge < -0.3 is 15.1 Å². The minimum absolute atomic E-state index is 0.782. The molecule has 0 unspecified atom stereocenters. The summed E-state index contributed by atoms with van der Waals surface area (Å²) in [6, 6.07) is 5.91. The Morgan fingerprint density at radius 3 is 2.93 bits per heavy atom. The van der Waals surface area contributed by atoms with Gasteiger partial charge in [-0.2, -0.15) is 5.10 Å². The molecule has 1 heterocycles. The van der Waals surface area contributed by atoms with E-state index in [0.717, 1.165) is 20.8 Å². The first-order chi connectivity index (χ1) is 6.77. The van der Waals surface area contributed by atoms with Crippen molar-refractivity contribution in [1.82, 2.24) is 4.57 Å². The molecular weight excluding hydrogens is 198 g/mol. The van der Waals surface area contributed by atoms with Gasteiger partial charge in [-0.3, -0.25) is 0 Å². The molecule has 2 aromatic rings. The summed E-state index contributed by atoms with van der Waals surface area (Å²) < 4.78 is 8.32. The standard InChI is InChI=1S/C9H11N3OS/c1-12-8-6(13-2)4-3-5-7(8)14-9(12)11-10/h3-5H,10H2,1-2H3/b11-9+. The van der Waals surface area contributed by atoms with Crippen molar-refractivity contribution in [2.45, 2.75) is 0 Å². The van der Waals surface area contributed by atoms with E-state index in [-0.39, 0.29) is 0 Å². The number of nitrogens with zero attached hydrogens (tertiary/aromatic N) is 2. The van der Waals surface area contributed by atoms with Crippen molar-refractivity contribution in [2.75, 3.05) is 7.11 Å². The van der Waals surface area contributed by atoms with Crippen LogP contribution in [0.4, 0.5) is 0 Å². The van der Waals surface area contributed by atoms with Gasteiger partial charge in [0.25, 0.3) is 0 Å². The van der Waals surface area contributed by atoms with Crippen LogP contribution in [0.5, 0.6) is 5.75 Å². The third kappa shape index (κ3) is 1.17. The molecular formula is C9H11N3OS. The summed E-state index contributed by atoms with van der Waals surface area (Å²) in [7, 11) is 3.58. The Kier molecular flexibility index (Phi) is 2.17. The second kappa shape index (κ2) is 3.34. The lowest BCUT2D eigenvalue weighted by Gasteiger charge is -2.02. The number of thiazole rings is 1. The van der Waals surface area contributed by atoms with Crippen molar-refractivity contribution in [2.24, 2.45) is 18.0 Å². The third-order valence-electron chi connectivity index (χ3n) is 2.12. The molecule has 0 aliphatic heterocycles. The monoisotopic (exact) mass is 209 g/mol. The zero-order valence-corrected chi connectivity index (χ0v) is 8.84. The molecule has 14 heavy (non-hydrogen) atoms. The van der Waals surface area contributed by atoms with Gasteiger partial charge in [0.1, 0.15) is 11.3 Å². The SMILES string of the molecule is COc1cccc2s/c(=N/N)n(C)c12. The highest BCUT2D eigenvalue weighted by atomic mass is 32.1. The lowest BCUT2D eigenvalue weighted by atomic mass is 10.3. The highest BCUT2D eigenvalue weighted by Crippen LogP contribution is 2.26. The summed E-state index contributed by atoms with van der Waals surface area (Å²) in [4.78, 5) is 0.782. The first-order valence-electron chi connectivity index (χ1n) is 4.14. The molecule has 0 spiro atoms. The number of ether oxygens (including phenoxy) is 1. The second-order valence-corrected chi connectivity index (χ2v) is 3.89. The van der Waals surface area contributed by atoms with Crippen molar-refractivity contribution in [1.29, 1.82) is 0 Å². The fourth-order valence-electron chi connectivity index (χ4n) is 1.46. The number of benzene rings is 1. The average molecular weight is 209 g/mol. The Morgan fingerprint density at radius 1 is 1.50 bits per heavy atom. The van der Waals surface area contributed by atoms with Crippen molar-refractivity contribution in [3.63, 3.8) is 0 Å². The molecule has 0 saturated heterocycles. The minimum Gasteiger partial charge on any atom is -0.495 e. The van der Waals surface area contributed by atoms with E-state index < -0.39 is 0 Å². The molecule has 0 amide bonds. The normalized spacial score (nSPS) is 12.3. The maximum absolute atomic E-state index is 5.28. The zero-order valence-electron chi connectivity index (χ0n) is 8.02. The molecule has 0 aliphatic rings. The topological polar surface area (TPSA) is 52.5 Å². The van der Waals surface area contributed by atoms with Crippen molar-refractivity contribution in [3.8, 4) is 5.75 Å². The van der Waals surface area contributed by atoms with Crippen LogP contribution in [0.25, 0.3) is 10.2 Å². The molecule has 1 aromatic heterocycles. The average Bonchev–Trinajstić information content (AvgIpc) is 2.55. The third-order valence-corrected chi connectivity index (χ3v) is 3.23. The second-order valence-electron chi connectivity index (χ2n) is 2.88. The largest absolute Gasteiger partial charge is 0.495 e. The van der Waals surface area contributed by atoms with Gasteiger partial charge in [0, 0.05) is 7.05 Å². The molecule has 2 rings (SSSR count). The fourth-order valence-corrected chi connectivity index (χ4v) is 2.41. The smallest absolute Gasteiger partial charge is 0.208 e. The lowest BCUT2D eigenvalue weighted by Crippen LogP contribution is -2.12. The van der Waals surface area contributed by atoms with Crippen LogP contribution < -0.4 is 15.4 Å². The molecule has 74 valence electrons. The number of aryl methyl sites for hydroxylation is 1. The molecule has 2 N–H and O–H groups in total. The van der Waals surface area contributed by atoms with Crippen LogP contribution in [0, 0.1) is 0 Å². The van der Waals surface area contributed by atoms with Gasteiger partial charge in [0.15, 0.2) is 0 Å². The van der Waals surface area contributed by atoms with Crippen molar-refractivity contribution in [3.05, 3.63) is 23.0 Å². The van der Waals surface area contributed by atoms with E-state index in [1.165, 1.54) is 0 Å². The van der Waals surface area contributed by atoms with Crippen molar-refractivity contribution >= 4 is 21.6 Å². The zero-order chi connectivity index (χ0) is 10.1. The van der Waals surface area contributed by atoms with Gasteiger partial charge in [-0.05, 0) is 12.1 Å². The predicted octanol–water partition coefficient (Wildman–Crippen LogP) is 1.02. The Hall–Kier alpha value is -1.49. The highest BCUT2D eigenvalue weighted by molar-refractivity contribution is 7.16. The molecule has 0 saturated carbocycles. The Balaban J connectivity index is 2.93. The van der Waals surface area contributed by atoms with E-state index in [1.807, 2.05) is 29.8 Å². The highest BCUT2D eigenvalue weighted by Gasteiger charge is 2.07. The minimum atomic E-state index is 0.782. The lowest BCUT2D eigenvalue weighted by molar-refractivity contribution is 0.417. The quantitative estimate of drug-likeness (QED) is 0.563. The maximum Gasteiger partial charge on any atom is 0.208 e. The summed E-state index contributed by atoms with van der Waals surface area (Å²) in [5.41, 5.74) is 1.03. The molecule has 0 bridgehead atoms. The van der Waals surface area contributed by atoms with Gasteiger partial charge in [-0.15, -0.1) is 0 Å². The first-order valence-corrected chi connectivity index (χ1v) is 4.96. The van der Waals surface area contributed by atoms with Crippen LogP contribution >= 0.6 is 11.3 Å². The number of aromatic nitrogens is 1. The van der Waals surface area contributed by atoms with E-state index in [1.54, 1.807) is 18.4 Å². The Morgan fingerprint density at radius 2 is 2.29 bits per heavy atom. The predicted molar refractivity (Wildman–Crippen MR) is 57.1 cm³/mol. The molecule has 1 aromatic carbocycles. The number of methoxy groups -OCH3 is 1. The van der Waals surface area contributed by atoms with Gasteiger partial charge in [-0.1, -0.05) is 17.4 Å². The first kappa shape index (κ1) is 9.08. The van der Waals surface area contributed by atoms with Crippen molar-refractivity contribution < 1.29 is 4.74 Å². The van der Waals surface area contributed by atoms with E-state index >= 15 is 0 Å². The van der Waals surface area contributed by atoms with Gasteiger partial charge in [0.2, 0.25) is 4.80 Å². The van der Waals surface area contributed by atoms with Crippen LogP contribution in [0.1, 0.15) is 0 Å². The summed E-state index contributed by atoms with van der Waals surface area (Å²) in [5.74, 6) is 6.12. The number of para-hydroxylation sites is 1. The number of fused-ring (bicyclic) bond motifs is 1. The number of hydrogen-bond acceptors (Lipinski definition) is 4. The summed E-state index contributed by atoms with van der Waals surface area (Å²) in [6.07, 6.45) is 0. The van der Waals surface area contributed by atoms with E-state index in [9.17, 15) is 0 Å². The summed E-state index contributed by atoms with van der Waals surface area (Å²) >= 11 is 1.54. The Labute approximate surface area is 85.2 Å². The number of rotatable bonds is 1. The van der Waals surface area contributed by atoms with Crippen LogP contribution in [0.15, 0.2) is 23.3 Å². The van der Waals surface area contributed by atoms with E-state index in [0.29, 0.717) is 0 Å². The number of nitrogens with two attached hydrogens (primary N) is 1. The Bertz CT molecular complexity index is 526. The van der Waals surface area contributed by atoms with Crippen LogP contribution in [0.3, 0.4) is 0 Å². The molecule has 0 radical (unpaired) electrons. The van der Waals surface area contributed by atoms with E-state index in [2.05, 4.69) is 5.10 Å². The van der Waals surface area contributed by atoms with Gasteiger partial charge in [0.05, 0.1) is 11.8 Å². The van der Waals surface area contributed by atoms with Gasteiger partial charge in [-0.25, -0.2) is 0 Å². The van der Waals surface area contributed by atoms with Gasteiger partial charge >= 0.3 is 0 Å². The summed E-state index contributed by atoms with van der Waals surface area (Å²) in [5, 5.41) is 3.71. The van der Waals surface area contributed by atoms with Crippen LogP contribution in [-0.4, -0.2) is 11.7 Å². The molecule has 4 nitrogen and oxygen atoms in total. The maximum atomic E-state index is 5.28. The molecule has 0 aliphatic carbocycles. The number of hydrogen-bond donors (Lipinski definition) is 1. The molecule has 0 fully saturated rings.